The minimum Gasteiger partial charge on any atom is -0.480 e. The van der Waals surface area contributed by atoms with E-state index in [4.69, 9.17) is 5.11 Å². The number of rotatable bonds is 3. The number of aliphatic carboxylic acids is 1. The third kappa shape index (κ3) is 2.78. The number of carboxylic acids is 1. The van der Waals surface area contributed by atoms with E-state index in [2.05, 4.69) is 4.98 Å². The molecular weight excluding hydrogens is 260 g/mol. The molecule has 0 spiro atoms. The second kappa shape index (κ2) is 5.05. The first-order chi connectivity index (χ1) is 8.08. The first-order valence-corrected chi connectivity index (χ1v) is 7.12. The Kier molecular flexibility index (Phi) is 3.68. The van der Waals surface area contributed by atoms with E-state index in [-0.39, 0.29) is 12.3 Å². The number of carbonyl (C=O) groups excluding carboxylic acids is 1. The number of thiazole rings is 1. The van der Waals surface area contributed by atoms with Crippen LogP contribution in [0.4, 0.5) is 0 Å². The molecule has 1 aliphatic rings. The van der Waals surface area contributed by atoms with Gasteiger partial charge in [-0.3, -0.25) is 4.79 Å². The van der Waals surface area contributed by atoms with E-state index in [1.807, 2.05) is 12.3 Å². The highest BCUT2D eigenvalue weighted by atomic mass is 32.2. The van der Waals surface area contributed by atoms with Crippen LogP contribution in [0, 0.1) is 6.92 Å². The minimum absolute atomic E-state index is 0.160. The van der Waals surface area contributed by atoms with E-state index in [0.29, 0.717) is 11.6 Å². The lowest BCUT2D eigenvalue weighted by molar-refractivity contribution is -0.147. The Bertz CT molecular complexity index is 447. The largest absolute Gasteiger partial charge is 0.480 e. The highest BCUT2D eigenvalue weighted by molar-refractivity contribution is 7.99. The van der Waals surface area contributed by atoms with Crippen LogP contribution in [-0.4, -0.2) is 44.5 Å². The standard InChI is InChI=1S/C10H12N2O3S2/c1-6-11-7(3-17-6)2-9(13)12-5-16-4-8(12)10(14)15/h3,8H,2,4-5H2,1H3,(H,14,15). The molecule has 7 heteroatoms. The van der Waals surface area contributed by atoms with Crippen LogP contribution in [0.15, 0.2) is 5.38 Å². The van der Waals surface area contributed by atoms with Crippen molar-refractivity contribution in [2.45, 2.75) is 19.4 Å². The van der Waals surface area contributed by atoms with Crippen molar-refractivity contribution in [3.63, 3.8) is 0 Å². The zero-order valence-corrected chi connectivity index (χ0v) is 10.9. The first-order valence-electron chi connectivity index (χ1n) is 5.09. The molecule has 1 aromatic rings. The monoisotopic (exact) mass is 272 g/mol. The molecular formula is C10H12N2O3S2. The third-order valence-corrected chi connectivity index (χ3v) is 4.32. The van der Waals surface area contributed by atoms with Gasteiger partial charge in [-0.2, -0.15) is 0 Å². The van der Waals surface area contributed by atoms with Gasteiger partial charge in [-0.25, -0.2) is 9.78 Å². The van der Waals surface area contributed by atoms with Gasteiger partial charge in [0.05, 0.1) is 23.0 Å². The van der Waals surface area contributed by atoms with Crippen molar-refractivity contribution in [3.05, 3.63) is 16.1 Å². The fourth-order valence-corrected chi connectivity index (χ4v) is 3.42. The predicted octanol–water partition coefficient (Wildman–Crippen LogP) is 0.980. The zero-order chi connectivity index (χ0) is 12.4. The predicted molar refractivity (Wildman–Crippen MR) is 66.1 cm³/mol. The van der Waals surface area contributed by atoms with Gasteiger partial charge in [0.15, 0.2) is 0 Å². The number of hydrogen-bond acceptors (Lipinski definition) is 5. The molecule has 1 saturated heterocycles. The first kappa shape index (κ1) is 12.4. The van der Waals surface area contributed by atoms with Crippen LogP contribution < -0.4 is 0 Å². The van der Waals surface area contributed by atoms with E-state index in [0.717, 1.165) is 10.7 Å². The van der Waals surface area contributed by atoms with Gasteiger partial charge in [-0.05, 0) is 6.92 Å². The van der Waals surface area contributed by atoms with Gasteiger partial charge in [0.25, 0.3) is 0 Å². The molecule has 1 aromatic heterocycles. The van der Waals surface area contributed by atoms with Crippen LogP contribution in [0.5, 0.6) is 0 Å². The Hall–Kier alpha value is -1.08. The van der Waals surface area contributed by atoms with Gasteiger partial charge in [-0.15, -0.1) is 23.1 Å². The van der Waals surface area contributed by atoms with Gasteiger partial charge >= 0.3 is 5.97 Å². The zero-order valence-electron chi connectivity index (χ0n) is 9.25. The average molecular weight is 272 g/mol. The van der Waals surface area contributed by atoms with Crippen LogP contribution in [0.2, 0.25) is 0 Å². The Labute approximate surface area is 107 Å². The quantitative estimate of drug-likeness (QED) is 0.888. The molecule has 2 rings (SSSR count). The summed E-state index contributed by atoms with van der Waals surface area (Å²) in [5.41, 5.74) is 0.721. The van der Waals surface area contributed by atoms with Gasteiger partial charge in [0, 0.05) is 11.1 Å². The Morgan fingerprint density at radius 2 is 2.41 bits per heavy atom. The second-order valence-corrected chi connectivity index (χ2v) is 5.81. The lowest BCUT2D eigenvalue weighted by Gasteiger charge is -2.19. The van der Waals surface area contributed by atoms with Crippen LogP contribution in [0.25, 0.3) is 0 Å². The summed E-state index contributed by atoms with van der Waals surface area (Å²) in [6.45, 7) is 1.88. The Morgan fingerprint density at radius 3 is 3.00 bits per heavy atom. The van der Waals surface area contributed by atoms with E-state index in [1.54, 1.807) is 0 Å². The summed E-state index contributed by atoms with van der Waals surface area (Å²) in [5.74, 6) is -0.165. The molecule has 0 saturated carbocycles. The SMILES string of the molecule is Cc1nc(CC(=O)N2CSCC2C(=O)O)cs1. The van der Waals surface area contributed by atoms with Crippen molar-refractivity contribution in [1.82, 2.24) is 9.88 Å². The average Bonchev–Trinajstić information content (AvgIpc) is 2.86. The molecule has 0 radical (unpaired) electrons. The van der Waals surface area contributed by atoms with Crippen LogP contribution in [0.1, 0.15) is 10.7 Å². The van der Waals surface area contributed by atoms with E-state index in [9.17, 15) is 9.59 Å². The number of carboxylic acid groups (broad SMARTS) is 1. The lowest BCUT2D eigenvalue weighted by atomic mass is 10.2. The second-order valence-electron chi connectivity index (χ2n) is 3.75. The van der Waals surface area contributed by atoms with Crippen molar-refractivity contribution in [3.8, 4) is 0 Å². The number of aryl methyl sites for hydroxylation is 1. The van der Waals surface area contributed by atoms with Gasteiger partial charge in [0.1, 0.15) is 6.04 Å². The number of amides is 1. The molecule has 1 unspecified atom stereocenters. The van der Waals surface area contributed by atoms with E-state index < -0.39 is 12.0 Å². The van der Waals surface area contributed by atoms with Crippen molar-refractivity contribution >= 4 is 35.0 Å². The molecule has 1 aliphatic heterocycles. The molecule has 0 aliphatic carbocycles. The highest BCUT2D eigenvalue weighted by Gasteiger charge is 2.34. The van der Waals surface area contributed by atoms with Crippen LogP contribution in [0.3, 0.4) is 0 Å². The summed E-state index contributed by atoms with van der Waals surface area (Å²) in [5, 5.41) is 11.7. The summed E-state index contributed by atoms with van der Waals surface area (Å²) < 4.78 is 0. The highest BCUT2D eigenvalue weighted by Crippen LogP contribution is 2.22. The molecule has 17 heavy (non-hydrogen) atoms. The maximum atomic E-state index is 12.0. The molecule has 2 heterocycles. The summed E-state index contributed by atoms with van der Waals surface area (Å²) in [4.78, 5) is 28.5. The molecule has 1 amide bonds. The number of thioether (sulfide) groups is 1. The maximum Gasteiger partial charge on any atom is 0.327 e. The Morgan fingerprint density at radius 1 is 1.65 bits per heavy atom. The lowest BCUT2D eigenvalue weighted by Crippen LogP contribution is -2.42. The molecule has 1 atom stereocenters. The fraction of sp³-hybridized carbons (Fsp3) is 0.500. The molecule has 1 N–H and O–H groups in total. The summed E-state index contributed by atoms with van der Waals surface area (Å²) in [6.07, 6.45) is 0.189. The van der Waals surface area contributed by atoms with Crippen LogP contribution in [-0.2, 0) is 16.0 Å². The Balaban J connectivity index is 2.02. The topological polar surface area (TPSA) is 70.5 Å². The smallest absolute Gasteiger partial charge is 0.327 e. The molecule has 92 valence electrons. The number of aromatic nitrogens is 1. The van der Waals surface area contributed by atoms with Crippen molar-refractivity contribution in [2.24, 2.45) is 0 Å². The van der Waals surface area contributed by atoms with Crippen molar-refractivity contribution in [2.75, 3.05) is 11.6 Å². The molecule has 0 aromatic carbocycles. The molecule has 5 nitrogen and oxygen atoms in total. The number of nitrogens with zero attached hydrogens (tertiary/aromatic N) is 2. The summed E-state index contributed by atoms with van der Waals surface area (Å²) in [7, 11) is 0. The third-order valence-electron chi connectivity index (χ3n) is 2.49. The van der Waals surface area contributed by atoms with Crippen molar-refractivity contribution < 1.29 is 14.7 Å². The number of hydrogen-bond donors (Lipinski definition) is 1. The summed E-state index contributed by atoms with van der Waals surface area (Å²) >= 11 is 2.96. The van der Waals surface area contributed by atoms with E-state index >= 15 is 0 Å². The molecule has 0 bridgehead atoms. The normalized spacial score (nSPS) is 19.6. The van der Waals surface area contributed by atoms with Gasteiger partial charge < -0.3 is 10.0 Å². The minimum atomic E-state index is -0.933. The van der Waals surface area contributed by atoms with E-state index in [1.165, 1.54) is 28.0 Å². The van der Waals surface area contributed by atoms with Gasteiger partial charge in [0.2, 0.25) is 5.91 Å². The van der Waals surface area contributed by atoms with Crippen LogP contribution >= 0.6 is 23.1 Å². The fourth-order valence-electron chi connectivity index (χ4n) is 1.64. The number of carbonyl (C=O) groups is 2. The summed E-state index contributed by atoms with van der Waals surface area (Å²) in [6, 6.07) is -0.688. The molecule has 1 fully saturated rings. The van der Waals surface area contributed by atoms with Crippen molar-refractivity contribution in [1.29, 1.82) is 0 Å². The van der Waals surface area contributed by atoms with Gasteiger partial charge in [-0.1, -0.05) is 0 Å². The maximum absolute atomic E-state index is 12.0.